The number of benzene rings is 2. The lowest BCUT2D eigenvalue weighted by Gasteiger charge is -2.13. The van der Waals surface area contributed by atoms with Crippen molar-refractivity contribution < 1.29 is 4.74 Å². The van der Waals surface area contributed by atoms with Gasteiger partial charge in [-0.15, -0.1) is 0 Å². The SMILES string of the molecule is Cc1cc(Nc2ncnc3ccc(-n4ccnc4)cc23)ccc1OCc1ccccn1. The highest BCUT2D eigenvalue weighted by molar-refractivity contribution is 5.92. The zero-order chi connectivity index (χ0) is 21.0. The number of hydrogen-bond acceptors (Lipinski definition) is 6. The van der Waals surface area contributed by atoms with Crippen LogP contribution in [0.1, 0.15) is 11.3 Å². The first kappa shape index (κ1) is 18.7. The topological polar surface area (TPSA) is 77.8 Å². The minimum Gasteiger partial charge on any atom is -0.487 e. The van der Waals surface area contributed by atoms with E-state index in [-0.39, 0.29) is 0 Å². The van der Waals surface area contributed by atoms with Crippen molar-refractivity contribution in [2.45, 2.75) is 13.5 Å². The fourth-order valence-corrected chi connectivity index (χ4v) is 3.38. The Labute approximate surface area is 179 Å². The molecule has 0 radical (unpaired) electrons. The smallest absolute Gasteiger partial charge is 0.141 e. The van der Waals surface area contributed by atoms with Crippen LogP contribution in [0, 0.1) is 6.92 Å². The summed E-state index contributed by atoms with van der Waals surface area (Å²) < 4.78 is 7.88. The van der Waals surface area contributed by atoms with Gasteiger partial charge in [-0.3, -0.25) is 4.98 Å². The van der Waals surface area contributed by atoms with Crippen LogP contribution in [0.25, 0.3) is 16.6 Å². The second kappa shape index (κ2) is 8.23. The number of anilines is 2. The molecule has 152 valence electrons. The van der Waals surface area contributed by atoms with Gasteiger partial charge in [-0.2, -0.15) is 0 Å². The molecule has 0 saturated carbocycles. The zero-order valence-corrected chi connectivity index (χ0v) is 16.9. The van der Waals surface area contributed by atoms with Gasteiger partial charge in [0.2, 0.25) is 0 Å². The molecule has 0 bridgehead atoms. The van der Waals surface area contributed by atoms with Crippen LogP contribution in [0.3, 0.4) is 0 Å². The van der Waals surface area contributed by atoms with Crippen molar-refractivity contribution in [3.63, 3.8) is 0 Å². The summed E-state index contributed by atoms with van der Waals surface area (Å²) in [6.45, 7) is 2.45. The van der Waals surface area contributed by atoms with E-state index in [4.69, 9.17) is 4.74 Å². The van der Waals surface area contributed by atoms with Crippen molar-refractivity contribution in [3.8, 4) is 11.4 Å². The monoisotopic (exact) mass is 408 g/mol. The van der Waals surface area contributed by atoms with Gasteiger partial charge in [-0.05, 0) is 61.0 Å². The highest BCUT2D eigenvalue weighted by Gasteiger charge is 2.08. The third-order valence-corrected chi connectivity index (χ3v) is 4.96. The molecular formula is C24H20N6O. The van der Waals surface area contributed by atoms with Crippen LogP contribution in [0.15, 0.2) is 85.8 Å². The minimum absolute atomic E-state index is 0.433. The summed E-state index contributed by atoms with van der Waals surface area (Å²) in [4.78, 5) is 17.3. The van der Waals surface area contributed by atoms with E-state index in [1.165, 1.54) is 0 Å². The van der Waals surface area contributed by atoms with Crippen molar-refractivity contribution in [2.75, 3.05) is 5.32 Å². The van der Waals surface area contributed by atoms with Gasteiger partial charge in [0.25, 0.3) is 0 Å². The molecule has 0 aliphatic carbocycles. The van der Waals surface area contributed by atoms with E-state index in [0.29, 0.717) is 6.61 Å². The Morgan fingerprint density at radius 3 is 2.74 bits per heavy atom. The van der Waals surface area contributed by atoms with Crippen LogP contribution in [0.5, 0.6) is 5.75 Å². The first-order chi connectivity index (χ1) is 15.3. The number of imidazole rings is 1. The van der Waals surface area contributed by atoms with Crippen LogP contribution < -0.4 is 10.1 Å². The third kappa shape index (κ3) is 4.06. The summed E-state index contributed by atoms with van der Waals surface area (Å²) in [5.74, 6) is 1.57. The summed E-state index contributed by atoms with van der Waals surface area (Å²) in [5.41, 5.74) is 4.71. The van der Waals surface area contributed by atoms with Crippen molar-refractivity contribution >= 4 is 22.4 Å². The van der Waals surface area contributed by atoms with Gasteiger partial charge in [0.15, 0.2) is 0 Å². The summed E-state index contributed by atoms with van der Waals surface area (Å²) in [6, 6.07) is 17.8. The summed E-state index contributed by atoms with van der Waals surface area (Å²) in [6.07, 6.45) is 8.77. The normalized spacial score (nSPS) is 10.9. The first-order valence-electron chi connectivity index (χ1n) is 9.90. The molecule has 0 unspecified atom stereocenters. The van der Waals surface area contributed by atoms with E-state index in [9.17, 15) is 0 Å². The number of hydrogen-bond donors (Lipinski definition) is 1. The van der Waals surface area contributed by atoms with Crippen molar-refractivity contribution in [3.05, 3.63) is 97.1 Å². The maximum Gasteiger partial charge on any atom is 0.141 e. The van der Waals surface area contributed by atoms with Crippen molar-refractivity contribution in [2.24, 2.45) is 0 Å². The van der Waals surface area contributed by atoms with Gasteiger partial charge in [0.05, 0.1) is 17.5 Å². The molecule has 0 aliphatic rings. The highest BCUT2D eigenvalue weighted by Crippen LogP contribution is 2.28. The Balaban J connectivity index is 1.39. The lowest BCUT2D eigenvalue weighted by Crippen LogP contribution is -2.00. The van der Waals surface area contributed by atoms with Crippen LogP contribution >= 0.6 is 0 Å². The second-order valence-electron chi connectivity index (χ2n) is 7.11. The van der Waals surface area contributed by atoms with Gasteiger partial charge in [-0.1, -0.05) is 6.07 Å². The van der Waals surface area contributed by atoms with Crippen molar-refractivity contribution in [1.82, 2.24) is 24.5 Å². The predicted molar refractivity (Wildman–Crippen MR) is 120 cm³/mol. The Kier molecular flexibility index (Phi) is 4.98. The first-order valence-corrected chi connectivity index (χ1v) is 9.90. The molecule has 3 aromatic heterocycles. The lowest BCUT2D eigenvalue weighted by molar-refractivity contribution is 0.299. The zero-order valence-electron chi connectivity index (χ0n) is 16.9. The van der Waals surface area contributed by atoms with Gasteiger partial charge in [0, 0.05) is 35.4 Å². The molecule has 0 saturated heterocycles. The summed E-state index contributed by atoms with van der Waals surface area (Å²) >= 11 is 0. The fraction of sp³-hybridized carbons (Fsp3) is 0.0833. The quantitative estimate of drug-likeness (QED) is 0.433. The van der Waals surface area contributed by atoms with E-state index >= 15 is 0 Å². The van der Waals surface area contributed by atoms with E-state index in [1.807, 2.05) is 66.2 Å². The number of nitrogens with zero attached hydrogens (tertiary/aromatic N) is 5. The van der Waals surface area contributed by atoms with E-state index in [0.717, 1.165) is 45.1 Å². The van der Waals surface area contributed by atoms with E-state index in [2.05, 4.69) is 31.3 Å². The molecule has 3 heterocycles. The number of ether oxygens (including phenoxy) is 1. The number of pyridine rings is 1. The average molecular weight is 408 g/mol. The van der Waals surface area contributed by atoms with Crippen LogP contribution in [0.2, 0.25) is 0 Å². The fourth-order valence-electron chi connectivity index (χ4n) is 3.38. The Hall–Kier alpha value is -4.26. The average Bonchev–Trinajstić information content (AvgIpc) is 3.34. The molecule has 7 heteroatoms. The largest absolute Gasteiger partial charge is 0.487 e. The van der Waals surface area contributed by atoms with Gasteiger partial charge >= 0.3 is 0 Å². The lowest BCUT2D eigenvalue weighted by atomic mass is 10.1. The molecule has 5 aromatic rings. The van der Waals surface area contributed by atoms with E-state index in [1.54, 1.807) is 25.0 Å². The molecule has 0 fully saturated rings. The van der Waals surface area contributed by atoms with Crippen LogP contribution in [-0.2, 0) is 6.61 Å². The number of aromatic nitrogens is 5. The molecule has 0 aliphatic heterocycles. The van der Waals surface area contributed by atoms with Gasteiger partial charge < -0.3 is 14.6 Å². The molecule has 7 nitrogen and oxygen atoms in total. The molecule has 0 spiro atoms. The Morgan fingerprint density at radius 2 is 1.94 bits per heavy atom. The molecule has 31 heavy (non-hydrogen) atoms. The molecule has 2 aromatic carbocycles. The molecule has 0 amide bonds. The maximum atomic E-state index is 5.93. The molecule has 1 N–H and O–H groups in total. The summed E-state index contributed by atoms with van der Waals surface area (Å²) in [7, 11) is 0. The van der Waals surface area contributed by atoms with Gasteiger partial charge in [0.1, 0.15) is 24.5 Å². The number of aryl methyl sites for hydroxylation is 1. The maximum absolute atomic E-state index is 5.93. The van der Waals surface area contributed by atoms with Crippen LogP contribution in [-0.4, -0.2) is 24.5 Å². The van der Waals surface area contributed by atoms with E-state index < -0.39 is 0 Å². The molecule has 0 atom stereocenters. The van der Waals surface area contributed by atoms with Gasteiger partial charge in [-0.25, -0.2) is 15.0 Å². The predicted octanol–water partition coefficient (Wildman–Crippen LogP) is 4.84. The number of rotatable bonds is 6. The van der Waals surface area contributed by atoms with Crippen LogP contribution in [0.4, 0.5) is 11.5 Å². The number of nitrogens with one attached hydrogen (secondary N) is 1. The highest BCUT2D eigenvalue weighted by atomic mass is 16.5. The second-order valence-corrected chi connectivity index (χ2v) is 7.11. The standard InChI is InChI=1S/C24H20N6O/c1-17-12-18(5-8-23(17)31-14-19-4-2-3-9-26-19)29-24-21-13-20(30-11-10-25-16-30)6-7-22(21)27-15-28-24/h2-13,15-16H,14H2,1H3,(H,27,28,29). The molecule has 5 rings (SSSR count). The minimum atomic E-state index is 0.433. The Morgan fingerprint density at radius 1 is 0.968 bits per heavy atom. The Bertz CT molecular complexity index is 1320. The molecular weight excluding hydrogens is 388 g/mol. The summed E-state index contributed by atoms with van der Waals surface area (Å²) in [5, 5.41) is 4.35. The van der Waals surface area contributed by atoms with Crippen molar-refractivity contribution in [1.29, 1.82) is 0 Å². The third-order valence-electron chi connectivity index (χ3n) is 4.96. The number of fused-ring (bicyclic) bond motifs is 1.